The van der Waals surface area contributed by atoms with E-state index >= 15 is 0 Å². The quantitative estimate of drug-likeness (QED) is 0.267. The monoisotopic (exact) mass is 308 g/mol. The van der Waals surface area contributed by atoms with Crippen molar-refractivity contribution in [1.82, 2.24) is 5.32 Å². The van der Waals surface area contributed by atoms with E-state index in [0.29, 0.717) is 0 Å². The number of hydrogen-bond donors (Lipinski definition) is 7. The number of aliphatic hydroxyl groups is 4. The molecule has 6 atom stereocenters. The first-order valence-electron chi connectivity index (χ1n) is 6.27. The molecule has 0 aromatic heterocycles. The van der Waals surface area contributed by atoms with Crippen LogP contribution in [0.4, 0.5) is 0 Å². The van der Waals surface area contributed by atoms with Crippen LogP contribution in [0.5, 0.6) is 0 Å². The highest BCUT2D eigenvalue weighted by Crippen LogP contribution is 2.30. The Labute approximate surface area is 120 Å². The number of aliphatic hydroxyl groups excluding tert-OH is 3. The van der Waals surface area contributed by atoms with Crippen molar-refractivity contribution in [3.8, 4) is 0 Å². The summed E-state index contributed by atoms with van der Waals surface area (Å²) in [5.74, 6) is -5.07. The Kier molecular flexibility index (Phi) is 5.61. The fourth-order valence-corrected chi connectivity index (χ4v) is 2.17. The van der Waals surface area contributed by atoms with Gasteiger partial charge in [-0.15, -0.1) is 0 Å². The number of amides is 1. The van der Waals surface area contributed by atoms with E-state index in [0.717, 1.165) is 6.92 Å². The van der Waals surface area contributed by atoms with Crippen LogP contribution in [-0.4, -0.2) is 80.2 Å². The maximum atomic E-state index is 11.1. The van der Waals surface area contributed by atoms with E-state index in [9.17, 15) is 30.0 Å². The van der Waals surface area contributed by atoms with E-state index in [1.165, 1.54) is 0 Å². The number of carbonyl (C=O) groups excluding carboxylic acids is 1. The van der Waals surface area contributed by atoms with Crippen LogP contribution in [0.2, 0.25) is 0 Å². The Balaban J connectivity index is 3.07. The molecule has 10 nitrogen and oxygen atoms in total. The standard InChI is InChI=1S/C11H20N2O8/c1-4(14)13-7-5(15)2-11(20,10(18)19)21-9(7)8(17)6(16)3-12/h5-9,15-17,20H,2-3,12H2,1H3,(H,13,14)(H,18,19)/t5-,6+,7+,8+,9?,11-/m0/s1. The van der Waals surface area contributed by atoms with Crippen LogP contribution in [0, 0.1) is 0 Å². The minimum absolute atomic E-state index is 0.366. The van der Waals surface area contributed by atoms with Gasteiger partial charge in [0.25, 0.3) is 5.79 Å². The van der Waals surface area contributed by atoms with Crippen molar-refractivity contribution < 1.29 is 39.9 Å². The summed E-state index contributed by atoms with van der Waals surface area (Å²) in [5.41, 5.74) is 5.19. The number of nitrogens with one attached hydrogen (secondary N) is 1. The largest absolute Gasteiger partial charge is 0.477 e. The molecule has 10 heteroatoms. The number of rotatable bonds is 5. The maximum Gasteiger partial charge on any atom is 0.364 e. The van der Waals surface area contributed by atoms with E-state index < -0.39 is 54.5 Å². The molecule has 122 valence electrons. The number of carboxylic acid groups (broad SMARTS) is 1. The van der Waals surface area contributed by atoms with Crippen molar-refractivity contribution in [3.63, 3.8) is 0 Å². The number of nitrogens with two attached hydrogens (primary N) is 1. The molecule has 1 fully saturated rings. The summed E-state index contributed by atoms with van der Waals surface area (Å²) in [7, 11) is 0. The molecular weight excluding hydrogens is 288 g/mol. The third-order valence-electron chi connectivity index (χ3n) is 3.26. The van der Waals surface area contributed by atoms with E-state index in [2.05, 4.69) is 5.32 Å². The zero-order valence-corrected chi connectivity index (χ0v) is 11.3. The van der Waals surface area contributed by atoms with Gasteiger partial charge in [0.15, 0.2) is 0 Å². The van der Waals surface area contributed by atoms with Crippen molar-refractivity contribution in [2.24, 2.45) is 5.73 Å². The SMILES string of the molecule is CC(=O)N[C@H]1C([C@H](O)[C@H](O)CN)O[C@](O)(C(=O)O)C[C@@H]1O. The number of hydrogen-bond acceptors (Lipinski definition) is 8. The minimum Gasteiger partial charge on any atom is -0.477 e. The van der Waals surface area contributed by atoms with Crippen LogP contribution in [0.3, 0.4) is 0 Å². The molecule has 21 heavy (non-hydrogen) atoms. The van der Waals surface area contributed by atoms with Gasteiger partial charge in [0, 0.05) is 19.9 Å². The summed E-state index contributed by atoms with van der Waals surface area (Å²) in [4.78, 5) is 22.2. The summed E-state index contributed by atoms with van der Waals surface area (Å²) in [6.07, 6.45) is -6.98. The van der Waals surface area contributed by atoms with Gasteiger partial charge in [-0.25, -0.2) is 4.79 Å². The van der Waals surface area contributed by atoms with Gasteiger partial charge < -0.3 is 41.3 Å². The highest BCUT2D eigenvalue weighted by atomic mass is 16.7. The van der Waals surface area contributed by atoms with E-state index in [4.69, 9.17) is 15.6 Å². The predicted octanol–water partition coefficient (Wildman–Crippen LogP) is -3.91. The lowest BCUT2D eigenvalue weighted by atomic mass is 9.88. The summed E-state index contributed by atoms with van der Waals surface area (Å²) >= 11 is 0. The number of aliphatic carboxylic acids is 1. The van der Waals surface area contributed by atoms with Crippen LogP contribution in [0.25, 0.3) is 0 Å². The Morgan fingerprint density at radius 3 is 2.48 bits per heavy atom. The second-order valence-electron chi connectivity index (χ2n) is 4.96. The van der Waals surface area contributed by atoms with E-state index in [-0.39, 0.29) is 6.54 Å². The summed E-state index contributed by atoms with van der Waals surface area (Å²) in [6, 6.07) is -1.21. The smallest absolute Gasteiger partial charge is 0.364 e. The third kappa shape index (κ3) is 3.87. The zero-order chi connectivity index (χ0) is 16.4. The number of carboxylic acids is 1. The topological polar surface area (TPSA) is 183 Å². The average molecular weight is 308 g/mol. The van der Waals surface area contributed by atoms with E-state index in [1.54, 1.807) is 0 Å². The van der Waals surface area contributed by atoms with Gasteiger partial charge in [0.05, 0.1) is 18.2 Å². The Bertz CT molecular complexity index is 406. The van der Waals surface area contributed by atoms with Gasteiger partial charge in [0.1, 0.15) is 12.2 Å². The van der Waals surface area contributed by atoms with Crippen molar-refractivity contribution in [3.05, 3.63) is 0 Å². The predicted molar refractivity (Wildman–Crippen MR) is 66.8 cm³/mol. The molecule has 1 heterocycles. The molecule has 0 saturated carbocycles. The van der Waals surface area contributed by atoms with Gasteiger partial charge in [-0.3, -0.25) is 4.79 Å². The average Bonchev–Trinajstić information content (AvgIpc) is 2.39. The lowest BCUT2D eigenvalue weighted by Gasteiger charge is -2.44. The van der Waals surface area contributed by atoms with Crippen molar-refractivity contribution in [2.45, 2.75) is 49.6 Å². The molecule has 0 aromatic carbocycles. The fourth-order valence-electron chi connectivity index (χ4n) is 2.17. The van der Waals surface area contributed by atoms with Crippen molar-refractivity contribution >= 4 is 11.9 Å². The first-order chi connectivity index (χ1) is 9.62. The first-order valence-corrected chi connectivity index (χ1v) is 6.27. The maximum absolute atomic E-state index is 11.1. The van der Waals surface area contributed by atoms with Crippen LogP contribution >= 0.6 is 0 Å². The van der Waals surface area contributed by atoms with Gasteiger partial charge >= 0.3 is 5.97 Å². The molecule has 1 saturated heterocycles. The molecule has 1 rings (SSSR count). The number of ether oxygens (including phenoxy) is 1. The minimum atomic E-state index is -2.74. The second-order valence-corrected chi connectivity index (χ2v) is 4.96. The zero-order valence-electron chi connectivity index (χ0n) is 11.3. The van der Waals surface area contributed by atoms with Crippen LogP contribution in [0.15, 0.2) is 0 Å². The van der Waals surface area contributed by atoms with Crippen molar-refractivity contribution in [2.75, 3.05) is 6.54 Å². The molecule has 8 N–H and O–H groups in total. The molecule has 0 aliphatic carbocycles. The van der Waals surface area contributed by atoms with Crippen LogP contribution in [-0.2, 0) is 14.3 Å². The van der Waals surface area contributed by atoms with Gasteiger partial charge in [-0.1, -0.05) is 0 Å². The molecule has 0 radical (unpaired) electrons. The summed E-state index contributed by atoms with van der Waals surface area (Å²) in [5, 5.41) is 50.5. The highest BCUT2D eigenvalue weighted by molar-refractivity contribution is 5.76. The third-order valence-corrected chi connectivity index (χ3v) is 3.26. The van der Waals surface area contributed by atoms with Crippen LogP contribution < -0.4 is 11.1 Å². The van der Waals surface area contributed by atoms with Crippen molar-refractivity contribution in [1.29, 1.82) is 0 Å². The first kappa shape index (κ1) is 17.8. The highest BCUT2D eigenvalue weighted by Gasteiger charge is 2.53. The molecule has 0 aromatic rings. The fraction of sp³-hybridized carbons (Fsp3) is 0.818. The van der Waals surface area contributed by atoms with Gasteiger partial charge in [-0.2, -0.15) is 0 Å². The van der Waals surface area contributed by atoms with Gasteiger partial charge in [-0.05, 0) is 0 Å². The molecule has 0 bridgehead atoms. The molecule has 1 aliphatic rings. The Hall–Kier alpha value is -1.30. The van der Waals surface area contributed by atoms with Crippen LogP contribution in [0.1, 0.15) is 13.3 Å². The lowest BCUT2D eigenvalue weighted by molar-refractivity contribution is -0.294. The van der Waals surface area contributed by atoms with Gasteiger partial charge in [0.2, 0.25) is 5.91 Å². The number of carbonyl (C=O) groups is 2. The summed E-state index contributed by atoms with van der Waals surface area (Å²) < 4.78 is 4.92. The lowest BCUT2D eigenvalue weighted by Crippen LogP contribution is -2.67. The molecule has 1 aliphatic heterocycles. The molecule has 1 unspecified atom stereocenters. The molecule has 1 amide bonds. The Morgan fingerprint density at radius 1 is 1.48 bits per heavy atom. The molecular formula is C11H20N2O8. The van der Waals surface area contributed by atoms with E-state index in [1.807, 2.05) is 0 Å². The Morgan fingerprint density at radius 2 is 2.05 bits per heavy atom. The normalized spacial score (nSPS) is 35.8. The summed E-state index contributed by atoms with van der Waals surface area (Å²) in [6.45, 7) is 0.781. The second kappa shape index (κ2) is 6.64. The molecule has 0 spiro atoms.